The first kappa shape index (κ1) is 16.3. The van der Waals surface area contributed by atoms with Crippen LogP contribution in [0.5, 0.6) is 5.75 Å². The quantitative estimate of drug-likeness (QED) is 0.682. The summed E-state index contributed by atoms with van der Waals surface area (Å²) in [4.78, 5) is 0. The van der Waals surface area contributed by atoms with E-state index < -0.39 is 0 Å². The highest BCUT2D eigenvalue weighted by Crippen LogP contribution is 2.25. The van der Waals surface area contributed by atoms with Gasteiger partial charge in [0.25, 0.3) is 0 Å². The van der Waals surface area contributed by atoms with Crippen LogP contribution in [0.25, 0.3) is 11.1 Å². The summed E-state index contributed by atoms with van der Waals surface area (Å²) in [6.07, 6.45) is 1.04. The van der Waals surface area contributed by atoms with E-state index in [4.69, 9.17) is 4.74 Å². The van der Waals surface area contributed by atoms with Crippen molar-refractivity contribution in [2.24, 2.45) is 0 Å². The minimum absolute atomic E-state index is 0.590. The molecular formula is C22H23NO. The Morgan fingerprint density at radius 1 is 0.750 bits per heavy atom. The Morgan fingerprint density at radius 2 is 1.46 bits per heavy atom. The van der Waals surface area contributed by atoms with Gasteiger partial charge in [-0.05, 0) is 54.4 Å². The van der Waals surface area contributed by atoms with Crippen LogP contribution in [0, 0.1) is 0 Å². The van der Waals surface area contributed by atoms with Crippen LogP contribution in [-0.4, -0.2) is 13.6 Å². The molecule has 2 nitrogen and oxygen atoms in total. The van der Waals surface area contributed by atoms with Gasteiger partial charge < -0.3 is 10.1 Å². The molecule has 3 rings (SSSR count). The third-order valence-electron chi connectivity index (χ3n) is 4.01. The predicted octanol–water partition coefficient (Wildman–Crippen LogP) is 4.69. The minimum Gasteiger partial charge on any atom is -0.489 e. The van der Waals surface area contributed by atoms with Gasteiger partial charge in [0.05, 0.1) is 0 Å². The van der Waals surface area contributed by atoms with Crippen molar-refractivity contribution in [1.29, 1.82) is 0 Å². The molecule has 0 aliphatic rings. The topological polar surface area (TPSA) is 21.3 Å². The van der Waals surface area contributed by atoms with Crippen LogP contribution in [0.2, 0.25) is 0 Å². The van der Waals surface area contributed by atoms with Crippen LogP contribution in [0.3, 0.4) is 0 Å². The minimum atomic E-state index is 0.590. The maximum atomic E-state index is 5.94. The number of hydrogen-bond donors (Lipinski definition) is 1. The summed E-state index contributed by atoms with van der Waals surface area (Å²) < 4.78 is 5.94. The molecule has 0 heterocycles. The lowest BCUT2D eigenvalue weighted by molar-refractivity contribution is 0.306. The predicted molar refractivity (Wildman–Crippen MR) is 100 cm³/mol. The van der Waals surface area contributed by atoms with Gasteiger partial charge in [0, 0.05) is 0 Å². The molecule has 0 aromatic heterocycles. The molecule has 1 N–H and O–H groups in total. The number of nitrogens with one attached hydrogen (secondary N) is 1. The second-order valence-corrected chi connectivity index (χ2v) is 5.86. The van der Waals surface area contributed by atoms with Crippen molar-refractivity contribution in [3.05, 3.63) is 90.0 Å². The van der Waals surface area contributed by atoms with Crippen molar-refractivity contribution < 1.29 is 4.74 Å². The number of benzene rings is 3. The molecule has 3 aromatic carbocycles. The highest BCUT2D eigenvalue weighted by atomic mass is 16.5. The zero-order valence-electron chi connectivity index (χ0n) is 14.0. The van der Waals surface area contributed by atoms with E-state index in [-0.39, 0.29) is 0 Å². The summed E-state index contributed by atoms with van der Waals surface area (Å²) in [6, 6.07) is 27.3. The van der Waals surface area contributed by atoms with Crippen molar-refractivity contribution in [3.63, 3.8) is 0 Å². The fourth-order valence-electron chi connectivity index (χ4n) is 2.68. The molecule has 0 amide bonds. The number of rotatable bonds is 7. The molecule has 0 saturated carbocycles. The second-order valence-electron chi connectivity index (χ2n) is 5.86. The van der Waals surface area contributed by atoms with Crippen LogP contribution >= 0.6 is 0 Å². The molecule has 122 valence electrons. The zero-order chi connectivity index (χ0) is 16.6. The molecule has 0 aliphatic heterocycles. The Bertz CT molecular complexity index is 768. The molecule has 3 aromatic rings. The molecule has 0 atom stereocenters. The van der Waals surface area contributed by atoms with Crippen molar-refractivity contribution in [3.8, 4) is 16.9 Å². The van der Waals surface area contributed by atoms with Crippen LogP contribution in [-0.2, 0) is 13.0 Å². The maximum absolute atomic E-state index is 5.94. The largest absolute Gasteiger partial charge is 0.489 e. The standard InChI is InChI=1S/C22H23NO/c1-23-14-13-18-9-5-10-20(15-18)21-11-6-12-22(16-21)24-17-19-7-3-2-4-8-19/h2-12,15-16,23H,13-14,17H2,1H3. The average molecular weight is 317 g/mol. The van der Waals surface area contributed by atoms with Crippen LogP contribution in [0.1, 0.15) is 11.1 Å². The lowest BCUT2D eigenvalue weighted by atomic mass is 10.0. The van der Waals surface area contributed by atoms with Gasteiger partial charge >= 0.3 is 0 Å². The molecular weight excluding hydrogens is 294 g/mol. The van der Waals surface area contributed by atoms with Crippen molar-refractivity contribution in [1.82, 2.24) is 5.32 Å². The summed E-state index contributed by atoms with van der Waals surface area (Å²) in [5.74, 6) is 0.900. The maximum Gasteiger partial charge on any atom is 0.120 e. The lowest BCUT2D eigenvalue weighted by Gasteiger charge is -2.09. The Hall–Kier alpha value is -2.58. The van der Waals surface area contributed by atoms with Gasteiger partial charge in [0.2, 0.25) is 0 Å². The third kappa shape index (κ3) is 4.46. The SMILES string of the molecule is CNCCc1cccc(-c2cccc(OCc3ccccc3)c2)c1. The second kappa shape index (κ2) is 8.32. The third-order valence-corrected chi connectivity index (χ3v) is 4.01. The van der Waals surface area contributed by atoms with Crippen molar-refractivity contribution in [2.75, 3.05) is 13.6 Å². The smallest absolute Gasteiger partial charge is 0.120 e. The summed E-state index contributed by atoms with van der Waals surface area (Å²) in [6.45, 7) is 1.58. The van der Waals surface area contributed by atoms with E-state index in [1.807, 2.05) is 31.3 Å². The lowest BCUT2D eigenvalue weighted by Crippen LogP contribution is -2.10. The Labute approximate surface area is 144 Å². The fourth-order valence-corrected chi connectivity index (χ4v) is 2.68. The van der Waals surface area contributed by atoms with E-state index in [0.29, 0.717) is 6.61 Å². The van der Waals surface area contributed by atoms with Gasteiger partial charge in [0.15, 0.2) is 0 Å². The summed E-state index contributed by atoms with van der Waals surface area (Å²) in [5.41, 5.74) is 4.94. The van der Waals surface area contributed by atoms with E-state index in [2.05, 4.69) is 59.9 Å². The fraction of sp³-hybridized carbons (Fsp3) is 0.182. The summed E-state index contributed by atoms with van der Waals surface area (Å²) in [7, 11) is 1.98. The molecule has 0 spiro atoms. The van der Waals surface area contributed by atoms with E-state index >= 15 is 0 Å². The summed E-state index contributed by atoms with van der Waals surface area (Å²) in [5, 5.41) is 3.20. The van der Waals surface area contributed by atoms with Gasteiger partial charge in [-0.25, -0.2) is 0 Å². The first-order chi connectivity index (χ1) is 11.8. The molecule has 0 unspecified atom stereocenters. The Morgan fingerprint density at radius 3 is 2.25 bits per heavy atom. The van der Waals surface area contributed by atoms with Gasteiger partial charge in [-0.15, -0.1) is 0 Å². The van der Waals surface area contributed by atoms with Gasteiger partial charge in [-0.1, -0.05) is 66.7 Å². The molecule has 2 heteroatoms. The van der Waals surface area contributed by atoms with Crippen LogP contribution < -0.4 is 10.1 Å². The number of hydrogen-bond acceptors (Lipinski definition) is 2. The van der Waals surface area contributed by atoms with Gasteiger partial charge in [0.1, 0.15) is 12.4 Å². The van der Waals surface area contributed by atoms with E-state index in [1.165, 1.54) is 22.3 Å². The zero-order valence-corrected chi connectivity index (χ0v) is 14.0. The first-order valence-electron chi connectivity index (χ1n) is 8.36. The van der Waals surface area contributed by atoms with E-state index in [9.17, 15) is 0 Å². The molecule has 24 heavy (non-hydrogen) atoms. The van der Waals surface area contributed by atoms with Crippen molar-refractivity contribution in [2.45, 2.75) is 13.0 Å². The monoisotopic (exact) mass is 317 g/mol. The normalized spacial score (nSPS) is 10.5. The molecule has 0 aliphatic carbocycles. The summed E-state index contributed by atoms with van der Waals surface area (Å²) >= 11 is 0. The number of likely N-dealkylation sites (N-methyl/N-ethyl adjacent to an activating group) is 1. The van der Waals surface area contributed by atoms with E-state index in [1.54, 1.807) is 0 Å². The molecule has 0 radical (unpaired) electrons. The van der Waals surface area contributed by atoms with E-state index in [0.717, 1.165) is 18.7 Å². The van der Waals surface area contributed by atoms with Crippen LogP contribution in [0.4, 0.5) is 0 Å². The first-order valence-corrected chi connectivity index (χ1v) is 8.36. The van der Waals surface area contributed by atoms with Crippen molar-refractivity contribution >= 4 is 0 Å². The number of ether oxygens (including phenoxy) is 1. The van der Waals surface area contributed by atoms with Crippen LogP contribution in [0.15, 0.2) is 78.9 Å². The highest BCUT2D eigenvalue weighted by Gasteiger charge is 2.02. The molecule has 0 fully saturated rings. The Kier molecular flexibility index (Phi) is 5.65. The van der Waals surface area contributed by atoms with Gasteiger partial charge in [-0.3, -0.25) is 0 Å². The molecule has 0 saturated heterocycles. The average Bonchev–Trinajstić information content (AvgIpc) is 2.66. The van der Waals surface area contributed by atoms with Gasteiger partial charge in [-0.2, -0.15) is 0 Å². The highest BCUT2D eigenvalue weighted by molar-refractivity contribution is 5.65. The Balaban J connectivity index is 1.73. The molecule has 0 bridgehead atoms.